The molecule has 6 unspecified atom stereocenters. The van der Waals surface area contributed by atoms with Gasteiger partial charge in [-0.1, -0.05) is 6.42 Å². The van der Waals surface area contributed by atoms with Crippen LogP contribution in [0, 0.1) is 17.8 Å². The summed E-state index contributed by atoms with van der Waals surface area (Å²) < 4.78 is 12.6. The van der Waals surface area contributed by atoms with Gasteiger partial charge in [0.1, 0.15) is 0 Å². The van der Waals surface area contributed by atoms with Gasteiger partial charge in [-0.2, -0.15) is 0 Å². The number of aliphatic hydroxyl groups is 1. The van der Waals surface area contributed by atoms with E-state index < -0.39 is 0 Å². The topological polar surface area (TPSA) is 38.7 Å². The predicted molar refractivity (Wildman–Crippen MR) is 71.6 cm³/mol. The molecule has 1 N–H and O–H groups in total. The zero-order valence-electron chi connectivity index (χ0n) is 11.9. The highest BCUT2D eigenvalue weighted by atomic mass is 16.7. The maximum atomic E-state index is 9.63. The normalized spacial score (nSPS) is 48.6. The fourth-order valence-electron chi connectivity index (χ4n) is 4.77. The van der Waals surface area contributed by atoms with Crippen molar-refractivity contribution in [3.05, 3.63) is 0 Å². The molecule has 108 valence electrons. The third kappa shape index (κ3) is 2.34. The molecule has 1 aliphatic heterocycles. The molecule has 0 amide bonds. The van der Waals surface area contributed by atoms with Crippen LogP contribution in [-0.4, -0.2) is 29.2 Å². The minimum Gasteiger partial charge on any atom is -0.393 e. The molecule has 0 radical (unpaired) electrons. The van der Waals surface area contributed by atoms with E-state index in [9.17, 15) is 5.11 Å². The monoisotopic (exact) mass is 266 g/mol. The number of aliphatic hydroxyl groups excluding tert-OH is 1. The second-order valence-corrected chi connectivity index (χ2v) is 7.55. The largest absolute Gasteiger partial charge is 0.393 e. The highest BCUT2D eigenvalue weighted by molar-refractivity contribution is 5.02. The van der Waals surface area contributed by atoms with Crippen LogP contribution in [0.15, 0.2) is 0 Å². The molecular formula is C16H26O3. The molecule has 6 atom stereocenters. The predicted octanol–water partition coefficient (Wildman–Crippen LogP) is 2.86. The molecule has 4 rings (SSSR count). The van der Waals surface area contributed by atoms with Crippen molar-refractivity contribution in [2.24, 2.45) is 17.8 Å². The summed E-state index contributed by atoms with van der Waals surface area (Å²) in [6, 6.07) is 0. The van der Waals surface area contributed by atoms with Crippen LogP contribution < -0.4 is 0 Å². The zero-order valence-corrected chi connectivity index (χ0v) is 11.9. The van der Waals surface area contributed by atoms with Gasteiger partial charge >= 0.3 is 0 Å². The maximum absolute atomic E-state index is 9.63. The molecule has 4 fully saturated rings. The second kappa shape index (κ2) is 4.44. The number of fused-ring (bicyclic) bond motifs is 2. The highest BCUT2D eigenvalue weighted by Gasteiger charge is 2.55. The molecular weight excluding hydrogens is 240 g/mol. The van der Waals surface area contributed by atoms with Crippen molar-refractivity contribution >= 4 is 0 Å². The molecule has 0 aromatic heterocycles. The summed E-state index contributed by atoms with van der Waals surface area (Å²) in [6.07, 6.45) is 9.65. The van der Waals surface area contributed by atoms with E-state index >= 15 is 0 Å². The van der Waals surface area contributed by atoms with Crippen molar-refractivity contribution < 1.29 is 14.6 Å². The summed E-state index contributed by atoms with van der Waals surface area (Å²) in [6.45, 7) is 1.87. The molecule has 3 saturated carbocycles. The van der Waals surface area contributed by atoms with E-state index in [2.05, 4.69) is 0 Å². The van der Waals surface area contributed by atoms with E-state index in [1.807, 2.05) is 6.92 Å². The minimum absolute atomic E-state index is 0.0234. The molecule has 1 heterocycles. The summed E-state index contributed by atoms with van der Waals surface area (Å²) in [4.78, 5) is 0. The van der Waals surface area contributed by atoms with Gasteiger partial charge in [-0.25, -0.2) is 0 Å². The SMILES string of the molecule is CC(O)CC1CC2(CC2)OC(C2CC3CCC2C3)O1. The number of rotatable bonds is 3. The number of hydrogen-bond acceptors (Lipinski definition) is 3. The van der Waals surface area contributed by atoms with Crippen molar-refractivity contribution in [1.29, 1.82) is 0 Å². The molecule has 1 spiro atoms. The standard InChI is InChI=1S/C16H26O3/c1-10(17)6-13-9-16(4-5-16)19-15(18-13)14-8-11-2-3-12(14)7-11/h10-15,17H,2-9H2,1H3. The summed E-state index contributed by atoms with van der Waals surface area (Å²) in [5.74, 6) is 2.42. The summed E-state index contributed by atoms with van der Waals surface area (Å²) in [5.41, 5.74) is 0.129. The summed E-state index contributed by atoms with van der Waals surface area (Å²) in [5, 5.41) is 9.63. The fourth-order valence-corrected chi connectivity index (χ4v) is 4.77. The fraction of sp³-hybridized carbons (Fsp3) is 1.00. The minimum atomic E-state index is -0.264. The van der Waals surface area contributed by atoms with Crippen molar-refractivity contribution in [3.8, 4) is 0 Å². The van der Waals surface area contributed by atoms with Gasteiger partial charge in [0.05, 0.1) is 17.8 Å². The van der Waals surface area contributed by atoms with Gasteiger partial charge in [-0.3, -0.25) is 0 Å². The first-order valence-electron chi connectivity index (χ1n) is 8.15. The van der Waals surface area contributed by atoms with Crippen LogP contribution in [0.25, 0.3) is 0 Å². The quantitative estimate of drug-likeness (QED) is 0.853. The Morgan fingerprint density at radius 2 is 2.11 bits per heavy atom. The molecule has 0 aromatic rings. The van der Waals surface area contributed by atoms with Gasteiger partial charge in [-0.15, -0.1) is 0 Å². The molecule has 0 aromatic carbocycles. The summed E-state index contributed by atoms with van der Waals surface area (Å²) >= 11 is 0. The molecule has 3 aliphatic carbocycles. The van der Waals surface area contributed by atoms with E-state index in [1.54, 1.807) is 0 Å². The van der Waals surface area contributed by atoms with Gasteiger partial charge in [0, 0.05) is 12.3 Å². The average Bonchev–Trinajstić information content (AvgIpc) is 2.82. The van der Waals surface area contributed by atoms with Gasteiger partial charge < -0.3 is 14.6 Å². The van der Waals surface area contributed by atoms with Gasteiger partial charge in [-0.05, 0) is 57.3 Å². The van der Waals surface area contributed by atoms with Crippen molar-refractivity contribution in [1.82, 2.24) is 0 Å². The van der Waals surface area contributed by atoms with Crippen LogP contribution in [0.4, 0.5) is 0 Å². The first kappa shape index (κ1) is 12.6. The van der Waals surface area contributed by atoms with Crippen LogP contribution in [0.1, 0.15) is 58.3 Å². The van der Waals surface area contributed by atoms with E-state index in [0.717, 1.165) is 24.7 Å². The van der Waals surface area contributed by atoms with Crippen molar-refractivity contribution in [2.75, 3.05) is 0 Å². The number of hydrogen-bond donors (Lipinski definition) is 1. The summed E-state index contributed by atoms with van der Waals surface area (Å²) in [7, 11) is 0. The van der Waals surface area contributed by atoms with E-state index in [0.29, 0.717) is 5.92 Å². The average molecular weight is 266 g/mol. The second-order valence-electron chi connectivity index (χ2n) is 7.55. The Morgan fingerprint density at radius 1 is 1.26 bits per heavy atom. The maximum Gasteiger partial charge on any atom is 0.161 e. The molecule has 2 bridgehead atoms. The first-order chi connectivity index (χ1) is 9.13. The third-order valence-corrected chi connectivity index (χ3v) is 5.85. The van der Waals surface area contributed by atoms with Gasteiger partial charge in [0.15, 0.2) is 6.29 Å². The van der Waals surface area contributed by atoms with Crippen LogP contribution in [0.3, 0.4) is 0 Å². The Bertz CT molecular complexity index is 350. The van der Waals surface area contributed by atoms with Crippen molar-refractivity contribution in [2.45, 2.75) is 82.4 Å². The Morgan fingerprint density at radius 3 is 2.68 bits per heavy atom. The van der Waals surface area contributed by atoms with E-state index in [4.69, 9.17) is 9.47 Å². The lowest BCUT2D eigenvalue weighted by Crippen LogP contribution is -2.45. The third-order valence-electron chi connectivity index (χ3n) is 5.85. The van der Waals surface area contributed by atoms with E-state index in [-0.39, 0.29) is 24.1 Å². The molecule has 19 heavy (non-hydrogen) atoms. The Labute approximate surface area is 115 Å². The number of ether oxygens (including phenoxy) is 2. The van der Waals surface area contributed by atoms with Gasteiger partial charge in [0.2, 0.25) is 0 Å². The lowest BCUT2D eigenvalue weighted by Gasteiger charge is -2.41. The van der Waals surface area contributed by atoms with Crippen LogP contribution in [0.2, 0.25) is 0 Å². The Hall–Kier alpha value is -0.120. The smallest absolute Gasteiger partial charge is 0.161 e. The first-order valence-corrected chi connectivity index (χ1v) is 8.15. The zero-order chi connectivity index (χ0) is 13.0. The highest BCUT2D eigenvalue weighted by Crippen LogP contribution is 2.55. The Kier molecular flexibility index (Phi) is 2.95. The lowest BCUT2D eigenvalue weighted by atomic mass is 9.87. The molecule has 3 heteroatoms. The van der Waals surface area contributed by atoms with E-state index in [1.165, 1.54) is 38.5 Å². The Balaban J connectivity index is 1.46. The van der Waals surface area contributed by atoms with Crippen LogP contribution >= 0.6 is 0 Å². The molecule has 4 aliphatic rings. The van der Waals surface area contributed by atoms with Crippen LogP contribution in [0.5, 0.6) is 0 Å². The van der Waals surface area contributed by atoms with Crippen molar-refractivity contribution in [3.63, 3.8) is 0 Å². The molecule has 3 nitrogen and oxygen atoms in total. The van der Waals surface area contributed by atoms with Gasteiger partial charge in [0.25, 0.3) is 0 Å². The lowest BCUT2D eigenvalue weighted by molar-refractivity contribution is -0.281. The van der Waals surface area contributed by atoms with Crippen LogP contribution in [-0.2, 0) is 9.47 Å². The molecule has 1 saturated heterocycles.